The van der Waals surface area contributed by atoms with Crippen molar-refractivity contribution in [3.8, 4) is 0 Å². The van der Waals surface area contributed by atoms with E-state index < -0.39 is 0 Å². The van der Waals surface area contributed by atoms with Crippen LogP contribution in [0.3, 0.4) is 0 Å². The number of anilines is 3. The van der Waals surface area contributed by atoms with E-state index in [2.05, 4.69) is 16.0 Å². The Morgan fingerprint density at radius 3 is 2.27 bits per heavy atom. The predicted octanol–water partition coefficient (Wildman–Crippen LogP) is 4.93. The van der Waals surface area contributed by atoms with Crippen molar-refractivity contribution < 1.29 is 18.8 Å². The monoisotopic (exact) mass is 496 g/mol. The van der Waals surface area contributed by atoms with Gasteiger partial charge in [-0.15, -0.1) is 0 Å². The molecular formula is C29H28N4O4. The summed E-state index contributed by atoms with van der Waals surface area (Å²) in [5.74, 6) is -0.0332. The first-order valence-corrected chi connectivity index (χ1v) is 11.9. The molecule has 0 aliphatic carbocycles. The summed E-state index contributed by atoms with van der Waals surface area (Å²) >= 11 is 0. The molecule has 0 radical (unpaired) electrons. The molecule has 8 heteroatoms. The average molecular weight is 497 g/mol. The minimum Gasteiger partial charge on any atom is -0.467 e. The molecular weight excluding hydrogens is 468 g/mol. The Bertz CT molecular complexity index is 1350. The SMILES string of the molecule is CCN(C(=O)c1cccc(NCC(=O)Nc2cccc(C(=O)NCc3ccco3)c2)c1)c1ccccc1. The van der Waals surface area contributed by atoms with Gasteiger partial charge in [-0.2, -0.15) is 0 Å². The predicted molar refractivity (Wildman–Crippen MR) is 144 cm³/mol. The largest absolute Gasteiger partial charge is 0.467 e. The molecule has 188 valence electrons. The van der Waals surface area contributed by atoms with Gasteiger partial charge in [0.1, 0.15) is 5.76 Å². The van der Waals surface area contributed by atoms with Crippen LogP contribution in [0.4, 0.5) is 17.1 Å². The number of furan rings is 1. The lowest BCUT2D eigenvalue weighted by Gasteiger charge is -2.21. The number of carbonyl (C=O) groups excluding carboxylic acids is 3. The van der Waals surface area contributed by atoms with E-state index in [4.69, 9.17) is 4.42 Å². The lowest BCUT2D eigenvalue weighted by Crippen LogP contribution is -2.30. The minimum atomic E-state index is -0.288. The van der Waals surface area contributed by atoms with Gasteiger partial charge in [-0.1, -0.05) is 30.3 Å². The number of amides is 3. The number of hydrogen-bond donors (Lipinski definition) is 3. The zero-order valence-corrected chi connectivity index (χ0v) is 20.4. The first-order valence-electron chi connectivity index (χ1n) is 11.9. The molecule has 0 fully saturated rings. The fourth-order valence-corrected chi connectivity index (χ4v) is 3.78. The van der Waals surface area contributed by atoms with Gasteiger partial charge in [0.05, 0.1) is 19.4 Å². The third-order valence-electron chi connectivity index (χ3n) is 5.60. The second-order valence-electron chi connectivity index (χ2n) is 8.21. The summed E-state index contributed by atoms with van der Waals surface area (Å²) in [6.45, 7) is 2.72. The van der Waals surface area contributed by atoms with E-state index in [0.29, 0.717) is 34.8 Å². The maximum Gasteiger partial charge on any atom is 0.258 e. The first kappa shape index (κ1) is 25.2. The van der Waals surface area contributed by atoms with E-state index in [-0.39, 0.29) is 30.8 Å². The molecule has 0 aliphatic rings. The summed E-state index contributed by atoms with van der Waals surface area (Å²) in [4.78, 5) is 39.8. The molecule has 1 heterocycles. The smallest absolute Gasteiger partial charge is 0.258 e. The number of nitrogens with zero attached hydrogens (tertiary/aromatic N) is 1. The number of hydrogen-bond acceptors (Lipinski definition) is 5. The molecule has 0 bridgehead atoms. The highest BCUT2D eigenvalue weighted by molar-refractivity contribution is 6.06. The Morgan fingerprint density at radius 2 is 1.54 bits per heavy atom. The fourth-order valence-electron chi connectivity index (χ4n) is 3.78. The van der Waals surface area contributed by atoms with Crippen molar-refractivity contribution in [2.75, 3.05) is 28.6 Å². The molecule has 3 amide bonds. The van der Waals surface area contributed by atoms with Crippen LogP contribution in [0.15, 0.2) is 102 Å². The van der Waals surface area contributed by atoms with Gasteiger partial charge in [0.2, 0.25) is 5.91 Å². The van der Waals surface area contributed by atoms with Crippen LogP contribution in [0.25, 0.3) is 0 Å². The van der Waals surface area contributed by atoms with E-state index in [9.17, 15) is 14.4 Å². The second kappa shape index (κ2) is 12.2. The van der Waals surface area contributed by atoms with Gasteiger partial charge in [-0.05, 0) is 67.6 Å². The molecule has 8 nitrogen and oxygen atoms in total. The molecule has 1 aromatic heterocycles. The molecule has 3 aromatic carbocycles. The highest BCUT2D eigenvalue weighted by Gasteiger charge is 2.16. The van der Waals surface area contributed by atoms with Gasteiger partial charge < -0.3 is 25.3 Å². The van der Waals surface area contributed by atoms with Crippen molar-refractivity contribution in [3.05, 3.63) is 114 Å². The molecule has 0 atom stereocenters. The van der Waals surface area contributed by atoms with E-state index in [1.54, 1.807) is 71.8 Å². The van der Waals surface area contributed by atoms with Crippen molar-refractivity contribution in [1.82, 2.24) is 5.32 Å². The Morgan fingerprint density at radius 1 is 0.811 bits per heavy atom. The molecule has 37 heavy (non-hydrogen) atoms. The number of carbonyl (C=O) groups is 3. The first-order chi connectivity index (χ1) is 18.0. The van der Waals surface area contributed by atoms with Crippen LogP contribution in [0.5, 0.6) is 0 Å². The highest BCUT2D eigenvalue weighted by atomic mass is 16.3. The third kappa shape index (κ3) is 6.85. The average Bonchev–Trinajstić information content (AvgIpc) is 3.46. The molecule has 0 saturated carbocycles. The van der Waals surface area contributed by atoms with Crippen LogP contribution in [0.2, 0.25) is 0 Å². The van der Waals surface area contributed by atoms with Gasteiger partial charge in [-0.25, -0.2) is 0 Å². The van der Waals surface area contributed by atoms with Gasteiger partial charge in [0.15, 0.2) is 0 Å². The van der Waals surface area contributed by atoms with Gasteiger partial charge in [0.25, 0.3) is 11.8 Å². The summed E-state index contributed by atoms with van der Waals surface area (Å²) < 4.78 is 5.22. The van der Waals surface area contributed by atoms with Crippen LogP contribution in [0.1, 0.15) is 33.4 Å². The van der Waals surface area contributed by atoms with Gasteiger partial charge >= 0.3 is 0 Å². The van der Waals surface area contributed by atoms with Gasteiger partial charge in [0, 0.05) is 34.7 Å². The van der Waals surface area contributed by atoms with Crippen LogP contribution in [-0.4, -0.2) is 30.8 Å². The maximum absolute atomic E-state index is 13.1. The second-order valence-corrected chi connectivity index (χ2v) is 8.21. The fraction of sp³-hybridized carbons (Fsp3) is 0.138. The summed E-state index contributed by atoms with van der Waals surface area (Å²) in [6, 6.07) is 26.8. The van der Waals surface area contributed by atoms with E-state index in [1.165, 1.54) is 0 Å². The Labute approximate surface area is 215 Å². The molecule has 0 aliphatic heterocycles. The van der Waals surface area contributed by atoms with E-state index in [1.807, 2.05) is 37.3 Å². The Hall–Kier alpha value is -4.85. The van der Waals surface area contributed by atoms with Crippen molar-refractivity contribution >= 4 is 34.8 Å². The minimum absolute atomic E-state index is 0.0112. The Balaban J connectivity index is 1.32. The van der Waals surface area contributed by atoms with Crippen molar-refractivity contribution in [2.45, 2.75) is 13.5 Å². The molecule has 4 aromatic rings. The van der Waals surface area contributed by atoms with Crippen LogP contribution < -0.4 is 20.9 Å². The number of rotatable bonds is 10. The van der Waals surface area contributed by atoms with Crippen LogP contribution >= 0.6 is 0 Å². The Kier molecular flexibility index (Phi) is 8.33. The quantitative estimate of drug-likeness (QED) is 0.289. The lowest BCUT2D eigenvalue weighted by molar-refractivity contribution is -0.114. The zero-order chi connectivity index (χ0) is 26.0. The topological polar surface area (TPSA) is 104 Å². The van der Waals surface area contributed by atoms with E-state index in [0.717, 1.165) is 5.69 Å². The number of para-hydroxylation sites is 1. The standard InChI is InChI=1S/C29H28N4O4/c1-2-33(25-13-4-3-5-14-25)29(36)22-10-7-11-23(18-22)30-20-27(34)32-24-12-6-9-21(17-24)28(35)31-19-26-15-8-16-37-26/h3-18,30H,2,19-20H2,1H3,(H,31,35)(H,32,34). The van der Waals surface area contributed by atoms with Gasteiger partial charge in [-0.3, -0.25) is 14.4 Å². The number of nitrogens with one attached hydrogen (secondary N) is 3. The summed E-state index contributed by atoms with van der Waals surface area (Å²) in [5, 5.41) is 8.62. The molecule has 4 rings (SSSR count). The van der Waals surface area contributed by atoms with Crippen molar-refractivity contribution in [1.29, 1.82) is 0 Å². The molecule has 0 saturated heterocycles. The summed E-state index contributed by atoms with van der Waals surface area (Å²) in [5.41, 5.74) is 2.91. The van der Waals surface area contributed by atoms with Crippen molar-refractivity contribution in [3.63, 3.8) is 0 Å². The normalized spacial score (nSPS) is 10.4. The molecule has 0 spiro atoms. The van der Waals surface area contributed by atoms with E-state index >= 15 is 0 Å². The number of benzene rings is 3. The van der Waals surface area contributed by atoms with Crippen LogP contribution in [-0.2, 0) is 11.3 Å². The maximum atomic E-state index is 13.1. The highest BCUT2D eigenvalue weighted by Crippen LogP contribution is 2.19. The van der Waals surface area contributed by atoms with Crippen molar-refractivity contribution in [2.24, 2.45) is 0 Å². The molecule has 0 unspecified atom stereocenters. The lowest BCUT2D eigenvalue weighted by atomic mass is 10.1. The summed E-state index contributed by atoms with van der Waals surface area (Å²) in [7, 11) is 0. The third-order valence-corrected chi connectivity index (χ3v) is 5.60. The zero-order valence-electron chi connectivity index (χ0n) is 20.4. The summed E-state index contributed by atoms with van der Waals surface area (Å²) in [6.07, 6.45) is 1.55. The van der Waals surface area contributed by atoms with Crippen LogP contribution in [0, 0.1) is 0 Å². The molecule has 3 N–H and O–H groups in total.